The zero-order valence-electron chi connectivity index (χ0n) is 15.2. The highest BCUT2D eigenvalue weighted by Gasteiger charge is 2.19. The van der Waals surface area contributed by atoms with Gasteiger partial charge in [0.25, 0.3) is 5.91 Å². The van der Waals surface area contributed by atoms with E-state index in [0.29, 0.717) is 21.1 Å². The molecule has 29 heavy (non-hydrogen) atoms. The SMILES string of the molecule is Cc1nc(-c2ccc(C[C@@H](C#N)NC(=O)C3=CN=CC=CO3)c(F)c2)sc1C#N. The van der Waals surface area contributed by atoms with Crippen molar-refractivity contribution in [2.45, 2.75) is 19.4 Å². The summed E-state index contributed by atoms with van der Waals surface area (Å²) in [5.74, 6) is -1.22. The lowest BCUT2D eigenvalue weighted by molar-refractivity contribution is -0.120. The van der Waals surface area contributed by atoms with Gasteiger partial charge in [-0.1, -0.05) is 12.1 Å². The summed E-state index contributed by atoms with van der Waals surface area (Å²) < 4.78 is 19.7. The Kier molecular flexibility index (Phi) is 6.12. The van der Waals surface area contributed by atoms with Gasteiger partial charge in [-0.05, 0) is 24.6 Å². The van der Waals surface area contributed by atoms with Crippen molar-refractivity contribution in [3.63, 3.8) is 0 Å². The third kappa shape index (κ3) is 4.72. The van der Waals surface area contributed by atoms with E-state index < -0.39 is 17.8 Å². The summed E-state index contributed by atoms with van der Waals surface area (Å²) in [6.07, 6.45) is 5.45. The van der Waals surface area contributed by atoms with Gasteiger partial charge in [-0.25, -0.2) is 9.37 Å². The van der Waals surface area contributed by atoms with E-state index in [2.05, 4.69) is 21.4 Å². The Morgan fingerprint density at radius 3 is 2.93 bits per heavy atom. The van der Waals surface area contributed by atoms with Gasteiger partial charge in [0.15, 0.2) is 0 Å². The van der Waals surface area contributed by atoms with E-state index in [4.69, 9.17) is 10.00 Å². The summed E-state index contributed by atoms with van der Waals surface area (Å²) in [5, 5.41) is 21.4. The lowest BCUT2D eigenvalue weighted by atomic mass is 10.0. The Hall–Kier alpha value is -3.82. The first-order chi connectivity index (χ1) is 14.0. The zero-order valence-corrected chi connectivity index (χ0v) is 16.0. The molecule has 0 saturated carbocycles. The maximum Gasteiger partial charge on any atom is 0.289 e. The molecule has 0 aliphatic carbocycles. The second-order valence-electron chi connectivity index (χ2n) is 5.95. The minimum Gasteiger partial charge on any atom is -0.458 e. The molecule has 3 rings (SSSR count). The van der Waals surface area contributed by atoms with E-state index >= 15 is 0 Å². The topological polar surface area (TPSA) is 111 Å². The molecular weight excluding hydrogens is 393 g/mol. The van der Waals surface area contributed by atoms with Gasteiger partial charge in [0.1, 0.15) is 27.8 Å². The van der Waals surface area contributed by atoms with Crippen LogP contribution in [0.25, 0.3) is 10.6 Å². The van der Waals surface area contributed by atoms with Crippen LogP contribution in [0.5, 0.6) is 0 Å². The fraction of sp³-hybridized carbons (Fsp3) is 0.150. The molecule has 1 aromatic carbocycles. The maximum absolute atomic E-state index is 14.6. The van der Waals surface area contributed by atoms with E-state index in [1.165, 1.54) is 42.2 Å². The van der Waals surface area contributed by atoms with E-state index in [0.717, 1.165) is 0 Å². The smallest absolute Gasteiger partial charge is 0.289 e. The molecule has 7 nitrogen and oxygen atoms in total. The average Bonchev–Trinajstić information content (AvgIpc) is 2.91. The van der Waals surface area contributed by atoms with Gasteiger partial charge in [0.05, 0.1) is 24.2 Å². The van der Waals surface area contributed by atoms with Crippen LogP contribution in [0.4, 0.5) is 4.39 Å². The lowest BCUT2D eigenvalue weighted by Gasteiger charge is -2.13. The number of aliphatic imine (C=N–C) groups is 1. The van der Waals surface area contributed by atoms with Crippen LogP contribution < -0.4 is 5.32 Å². The molecule has 9 heteroatoms. The van der Waals surface area contributed by atoms with Crippen molar-refractivity contribution >= 4 is 23.5 Å². The van der Waals surface area contributed by atoms with Crippen LogP contribution in [0.3, 0.4) is 0 Å². The molecular formula is C20H14FN5O2S. The van der Waals surface area contributed by atoms with Crippen LogP contribution in [0.1, 0.15) is 16.1 Å². The molecule has 0 bridgehead atoms. The fourth-order valence-corrected chi connectivity index (χ4v) is 3.36. The number of aromatic nitrogens is 1. The molecule has 1 aliphatic heterocycles. The number of carbonyl (C=O) groups excluding carboxylic acids is 1. The predicted molar refractivity (Wildman–Crippen MR) is 105 cm³/mol. The molecule has 0 radical (unpaired) electrons. The number of nitrogens with one attached hydrogen (secondary N) is 1. The quantitative estimate of drug-likeness (QED) is 0.818. The molecule has 0 fully saturated rings. The number of hydrogen-bond donors (Lipinski definition) is 1. The first-order valence-electron chi connectivity index (χ1n) is 8.43. The number of nitriles is 2. The number of nitrogens with zero attached hydrogens (tertiary/aromatic N) is 4. The highest BCUT2D eigenvalue weighted by Crippen LogP contribution is 2.28. The number of allylic oxidation sites excluding steroid dienone is 1. The van der Waals surface area contributed by atoms with Gasteiger partial charge in [0, 0.05) is 18.2 Å². The van der Waals surface area contributed by atoms with Crippen LogP contribution in [0.15, 0.2) is 47.5 Å². The normalized spacial score (nSPS) is 13.4. The maximum atomic E-state index is 14.6. The summed E-state index contributed by atoms with van der Waals surface area (Å²) in [6, 6.07) is 7.55. The summed E-state index contributed by atoms with van der Waals surface area (Å²) >= 11 is 1.19. The van der Waals surface area contributed by atoms with Crippen molar-refractivity contribution in [3.8, 4) is 22.7 Å². The van der Waals surface area contributed by atoms with Crippen LogP contribution >= 0.6 is 11.3 Å². The number of amides is 1. The molecule has 1 aliphatic rings. The molecule has 1 aromatic heterocycles. The predicted octanol–water partition coefficient (Wildman–Crippen LogP) is 3.14. The van der Waals surface area contributed by atoms with Crippen molar-refractivity contribution in [1.29, 1.82) is 10.5 Å². The Morgan fingerprint density at radius 1 is 1.41 bits per heavy atom. The number of hydrogen-bond acceptors (Lipinski definition) is 7. The third-order valence-corrected chi connectivity index (χ3v) is 5.06. The first-order valence-corrected chi connectivity index (χ1v) is 9.25. The highest BCUT2D eigenvalue weighted by molar-refractivity contribution is 7.15. The Morgan fingerprint density at radius 2 is 2.24 bits per heavy atom. The molecule has 0 unspecified atom stereocenters. The number of rotatable bonds is 5. The third-order valence-electron chi connectivity index (χ3n) is 3.94. The molecule has 2 heterocycles. The van der Waals surface area contributed by atoms with Gasteiger partial charge in [-0.2, -0.15) is 10.5 Å². The Bertz CT molecular complexity index is 1120. The van der Waals surface area contributed by atoms with Crippen LogP contribution in [0.2, 0.25) is 0 Å². The number of carbonyl (C=O) groups is 1. The van der Waals surface area contributed by atoms with E-state index in [-0.39, 0.29) is 17.7 Å². The monoisotopic (exact) mass is 407 g/mol. The first kappa shape index (κ1) is 19.9. The second-order valence-corrected chi connectivity index (χ2v) is 6.95. The van der Waals surface area contributed by atoms with Gasteiger partial charge >= 0.3 is 0 Å². The minimum atomic E-state index is -0.962. The van der Waals surface area contributed by atoms with E-state index in [1.807, 2.05) is 6.07 Å². The standard InChI is InChI=1S/C20H14FN5O2S/c1-12-18(10-23)29-20(25-12)14-4-3-13(16(21)8-14)7-15(9-22)26-19(27)17-11-24-5-2-6-28-17/h2-6,8,11,15H,7H2,1H3,(H,26,27)/t15-/m0/s1. The summed E-state index contributed by atoms with van der Waals surface area (Å²) in [5.41, 5.74) is 1.40. The Labute approximate surface area is 170 Å². The minimum absolute atomic E-state index is 0.0267. The van der Waals surface area contributed by atoms with Crippen molar-refractivity contribution < 1.29 is 13.9 Å². The van der Waals surface area contributed by atoms with E-state index in [9.17, 15) is 14.4 Å². The molecule has 0 spiro atoms. The summed E-state index contributed by atoms with van der Waals surface area (Å²) in [7, 11) is 0. The van der Waals surface area contributed by atoms with Crippen molar-refractivity contribution in [2.75, 3.05) is 0 Å². The zero-order chi connectivity index (χ0) is 20.8. The highest BCUT2D eigenvalue weighted by atomic mass is 32.1. The number of aryl methyl sites for hydroxylation is 1. The largest absolute Gasteiger partial charge is 0.458 e. The molecule has 0 saturated heterocycles. The summed E-state index contributed by atoms with van der Waals surface area (Å²) in [6.45, 7) is 1.72. The molecule has 2 aromatic rings. The van der Waals surface area contributed by atoms with Gasteiger partial charge in [-0.15, -0.1) is 11.3 Å². The number of halogens is 1. The summed E-state index contributed by atoms with van der Waals surface area (Å²) in [4.78, 5) is 20.8. The molecule has 144 valence electrons. The number of ether oxygens (including phenoxy) is 1. The van der Waals surface area contributed by atoms with Gasteiger partial charge < -0.3 is 10.1 Å². The van der Waals surface area contributed by atoms with Crippen molar-refractivity contribution in [2.24, 2.45) is 4.99 Å². The van der Waals surface area contributed by atoms with Crippen molar-refractivity contribution in [3.05, 3.63) is 64.4 Å². The van der Waals surface area contributed by atoms with Gasteiger partial charge in [-0.3, -0.25) is 9.79 Å². The molecule has 1 N–H and O–H groups in total. The molecule has 1 amide bonds. The lowest BCUT2D eigenvalue weighted by Crippen LogP contribution is -2.36. The van der Waals surface area contributed by atoms with Gasteiger partial charge in [0.2, 0.25) is 5.76 Å². The van der Waals surface area contributed by atoms with E-state index in [1.54, 1.807) is 19.1 Å². The number of thiazole rings is 1. The fourth-order valence-electron chi connectivity index (χ4n) is 2.50. The Balaban J connectivity index is 1.73. The number of benzene rings is 1. The van der Waals surface area contributed by atoms with Crippen LogP contribution in [0, 0.1) is 35.4 Å². The second kappa shape index (κ2) is 8.91. The van der Waals surface area contributed by atoms with Crippen LogP contribution in [-0.2, 0) is 16.0 Å². The van der Waals surface area contributed by atoms with Crippen LogP contribution in [-0.4, -0.2) is 23.1 Å². The average molecular weight is 407 g/mol. The molecule has 1 atom stereocenters. The van der Waals surface area contributed by atoms with Crippen molar-refractivity contribution in [1.82, 2.24) is 10.3 Å².